The summed E-state index contributed by atoms with van der Waals surface area (Å²) < 4.78 is 17.5. The minimum absolute atomic E-state index is 0.0486. The van der Waals surface area contributed by atoms with Crippen LogP contribution in [0.4, 0.5) is 17.2 Å². The van der Waals surface area contributed by atoms with Crippen molar-refractivity contribution in [1.29, 1.82) is 0 Å². The zero-order valence-electron chi connectivity index (χ0n) is 24.8. The lowest BCUT2D eigenvalue weighted by atomic mass is 10.0. The Hall–Kier alpha value is -5.16. The average Bonchev–Trinajstić information content (AvgIpc) is 3.51. The summed E-state index contributed by atoms with van der Waals surface area (Å²) in [5.41, 5.74) is 4.62. The van der Waals surface area contributed by atoms with Gasteiger partial charge < -0.3 is 33.9 Å². The first kappa shape index (κ1) is 28.9. The summed E-state index contributed by atoms with van der Waals surface area (Å²) in [6.07, 6.45) is 2.34. The highest BCUT2D eigenvalue weighted by Crippen LogP contribution is 2.37. The van der Waals surface area contributed by atoms with Crippen molar-refractivity contribution < 1.29 is 23.8 Å². The zero-order valence-corrected chi connectivity index (χ0v) is 24.8. The minimum atomic E-state index is -0.292. The number of hydrogen-bond donors (Lipinski definition) is 1. The number of carbonyl (C=O) groups is 2. The lowest BCUT2D eigenvalue weighted by molar-refractivity contribution is 0.0303. The van der Waals surface area contributed by atoms with Gasteiger partial charge in [0.1, 0.15) is 0 Å². The topological polar surface area (TPSA) is 115 Å². The number of benzene rings is 3. The van der Waals surface area contributed by atoms with E-state index in [0.717, 1.165) is 16.8 Å². The number of aromatic nitrogens is 2. The van der Waals surface area contributed by atoms with Gasteiger partial charge in [-0.1, -0.05) is 12.1 Å². The maximum Gasteiger partial charge on any atom is 0.293 e. The number of rotatable bonds is 7. The van der Waals surface area contributed by atoms with E-state index < -0.39 is 0 Å². The number of aryl methyl sites for hydroxylation is 1. The predicted molar refractivity (Wildman–Crippen MR) is 166 cm³/mol. The SMILES string of the molecule is COc1ccc(C(=O)N2CCc3c(-c4cn(C)c(=O)c(Nc5ccc(C(=O)N6CCOCC6)cc5)n4)cccc32)cc1OC. The van der Waals surface area contributed by atoms with Crippen LogP contribution in [0.1, 0.15) is 26.3 Å². The van der Waals surface area contributed by atoms with Gasteiger partial charge in [-0.15, -0.1) is 0 Å². The molecule has 2 amide bonds. The Morgan fingerprint density at radius 3 is 2.34 bits per heavy atom. The lowest BCUT2D eigenvalue weighted by Gasteiger charge is -2.26. The van der Waals surface area contributed by atoms with Crippen molar-refractivity contribution in [3.8, 4) is 22.8 Å². The standard InChI is InChI=1S/C33H33N5O6/c1-36-20-26(35-30(33(36)41)34-23-10-7-21(8-11-23)31(39)37-15-17-44-18-16-37)24-5-4-6-27-25(24)13-14-38(27)32(40)22-9-12-28(42-2)29(19-22)43-3/h4-12,19-20H,13-18H2,1-3H3,(H,34,35). The Balaban J connectivity index is 1.26. The van der Waals surface area contributed by atoms with Gasteiger partial charge in [-0.25, -0.2) is 4.98 Å². The summed E-state index contributed by atoms with van der Waals surface area (Å²) in [6, 6.07) is 17.9. The Kier molecular flexibility index (Phi) is 8.03. The fourth-order valence-electron chi connectivity index (χ4n) is 5.61. The number of ether oxygens (including phenoxy) is 3. The van der Waals surface area contributed by atoms with Gasteiger partial charge in [-0.05, 0) is 60.5 Å². The van der Waals surface area contributed by atoms with Gasteiger partial charge in [-0.3, -0.25) is 14.4 Å². The molecular weight excluding hydrogens is 562 g/mol. The summed E-state index contributed by atoms with van der Waals surface area (Å²) in [5, 5.41) is 3.13. The van der Waals surface area contributed by atoms with Gasteiger partial charge in [0.2, 0.25) is 0 Å². The molecule has 11 nitrogen and oxygen atoms in total. The highest BCUT2D eigenvalue weighted by atomic mass is 16.5. The van der Waals surface area contributed by atoms with Crippen LogP contribution in [0.3, 0.4) is 0 Å². The molecule has 2 aliphatic heterocycles. The molecule has 11 heteroatoms. The molecule has 1 saturated heterocycles. The number of hydrogen-bond acceptors (Lipinski definition) is 8. The molecule has 6 rings (SSSR count). The van der Waals surface area contributed by atoms with E-state index in [1.54, 1.807) is 72.6 Å². The zero-order chi connectivity index (χ0) is 30.8. The first-order valence-corrected chi connectivity index (χ1v) is 14.4. The van der Waals surface area contributed by atoms with Crippen LogP contribution in [0.5, 0.6) is 11.5 Å². The van der Waals surface area contributed by atoms with Gasteiger partial charge in [0.25, 0.3) is 17.4 Å². The molecule has 0 saturated carbocycles. The second kappa shape index (κ2) is 12.2. The Labute approximate surface area is 254 Å². The van der Waals surface area contributed by atoms with Gasteiger partial charge >= 0.3 is 0 Å². The van der Waals surface area contributed by atoms with Crippen molar-refractivity contribution in [2.75, 3.05) is 57.3 Å². The van der Waals surface area contributed by atoms with E-state index in [-0.39, 0.29) is 23.2 Å². The molecule has 0 aliphatic carbocycles. The van der Waals surface area contributed by atoms with E-state index in [2.05, 4.69) is 5.32 Å². The molecule has 0 atom stereocenters. The second-order valence-electron chi connectivity index (χ2n) is 10.6. The number of methoxy groups -OCH3 is 2. The van der Waals surface area contributed by atoms with Crippen molar-refractivity contribution in [2.45, 2.75) is 6.42 Å². The molecule has 1 fully saturated rings. The van der Waals surface area contributed by atoms with Crippen LogP contribution in [0, 0.1) is 0 Å². The number of nitrogens with one attached hydrogen (secondary N) is 1. The number of carbonyl (C=O) groups excluding carboxylic acids is 2. The highest BCUT2D eigenvalue weighted by molar-refractivity contribution is 6.08. The van der Waals surface area contributed by atoms with Crippen molar-refractivity contribution in [1.82, 2.24) is 14.5 Å². The van der Waals surface area contributed by atoms with Crippen LogP contribution in [0.25, 0.3) is 11.3 Å². The largest absolute Gasteiger partial charge is 0.493 e. The van der Waals surface area contributed by atoms with E-state index in [4.69, 9.17) is 19.2 Å². The van der Waals surface area contributed by atoms with Crippen molar-refractivity contribution in [3.05, 3.63) is 93.9 Å². The Morgan fingerprint density at radius 2 is 1.61 bits per heavy atom. The Morgan fingerprint density at radius 1 is 0.886 bits per heavy atom. The van der Waals surface area contributed by atoms with Crippen molar-refractivity contribution >= 4 is 29.0 Å². The first-order chi connectivity index (χ1) is 21.4. The smallest absolute Gasteiger partial charge is 0.293 e. The molecule has 3 heterocycles. The van der Waals surface area contributed by atoms with Crippen LogP contribution >= 0.6 is 0 Å². The van der Waals surface area contributed by atoms with Crippen molar-refractivity contribution in [3.63, 3.8) is 0 Å². The van der Waals surface area contributed by atoms with Crippen molar-refractivity contribution in [2.24, 2.45) is 7.05 Å². The van der Waals surface area contributed by atoms with Crippen LogP contribution < -0.4 is 25.2 Å². The van der Waals surface area contributed by atoms with Gasteiger partial charge in [0.05, 0.1) is 33.1 Å². The quantitative estimate of drug-likeness (QED) is 0.342. The second-order valence-corrected chi connectivity index (χ2v) is 10.6. The number of fused-ring (bicyclic) bond motifs is 1. The van der Waals surface area contributed by atoms with Crippen LogP contribution in [0.2, 0.25) is 0 Å². The third-order valence-corrected chi connectivity index (χ3v) is 7.94. The summed E-state index contributed by atoms with van der Waals surface area (Å²) in [4.78, 5) is 47.7. The van der Waals surface area contributed by atoms with E-state index in [0.29, 0.717) is 73.3 Å². The van der Waals surface area contributed by atoms with Gasteiger partial charge in [0, 0.05) is 60.9 Å². The van der Waals surface area contributed by atoms with E-state index in [1.807, 2.05) is 18.2 Å². The number of morpholine rings is 1. The number of nitrogens with zero attached hydrogens (tertiary/aromatic N) is 4. The Bertz CT molecular complexity index is 1780. The molecule has 4 aromatic rings. The minimum Gasteiger partial charge on any atom is -0.493 e. The average molecular weight is 596 g/mol. The highest BCUT2D eigenvalue weighted by Gasteiger charge is 2.29. The van der Waals surface area contributed by atoms with Crippen LogP contribution in [-0.4, -0.2) is 73.3 Å². The van der Waals surface area contributed by atoms with E-state index in [9.17, 15) is 14.4 Å². The number of amides is 2. The molecule has 0 radical (unpaired) electrons. The molecule has 1 aromatic heterocycles. The molecule has 2 aliphatic rings. The maximum absolute atomic E-state index is 13.6. The molecular formula is C33H33N5O6. The summed E-state index contributed by atoms with van der Waals surface area (Å²) in [6.45, 7) is 2.71. The molecule has 0 unspecified atom stereocenters. The summed E-state index contributed by atoms with van der Waals surface area (Å²) >= 11 is 0. The lowest BCUT2D eigenvalue weighted by Crippen LogP contribution is -2.40. The molecule has 226 valence electrons. The monoisotopic (exact) mass is 595 g/mol. The van der Waals surface area contributed by atoms with Crippen LogP contribution in [0.15, 0.2) is 71.7 Å². The molecule has 3 aromatic carbocycles. The maximum atomic E-state index is 13.6. The predicted octanol–water partition coefficient (Wildman–Crippen LogP) is 3.88. The molecule has 44 heavy (non-hydrogen) atoms. The summed E-state index contributed by atoms with van der Waals surface area (Å²) in [7, 11) is 4.77. The molecule has 0 spiro atoms. The third kappa shape index (κ3) is 5.49. The van der Waals surface area contributed by atoms with E-state index >= 15 is 0 Å². The van der Waals surface area contributed by atoms with Gasteiger partial charge in [-0.2, -0.15) is 0 Å². The first-order valence-electron chi connectivity index (χ1n) is 14.4. The normalized spacial score (nSPS) is 14.2. The molecule has 0 bridgehead atoms. The number of anilines is 3. The van der Waals surface area contributed by atoms with Crippen LogP contribution in [-0.2, 0) is 18.2 Å². The van der Waals surface area contributed by atoms with E-state index in [1.165, 1.54) is 11.7 Å². The third-order valence-electron chi connectivity index (χ3n) is 7.94. The fourth-order valence-corrected chi connectivity index (χ4v) is 5.61. The summed E-state index contributed by atoms with van der Waals surface area (Å²) in [5.74, 6) is 1.00. The van der Waals surface area contributed by atoms with Gasteiger partial charge in [0.15, 0.2) is 17.3 Å². The fraction of sp³-hybridized carbons (Fsp3) is 0.273. The molecule has 1 N–H and O–H groups in total.